The van der Waals surface area contributed by atoms with Crippen molar-refractivity contribution in [2.75, 3.05) is 12.4 Å². The van der Waals surface area contributed by atoms with Crippen molar-refractivity contribution in [1.82, 2.24) is 10.3 Å². The first kappa shape index (κ1) is 21.6. The molecule has 3 aromatic rings. The second-order valence-electron chi connectivity index (χ2n) is 7.78. The largest absolute Gasteiger partial charge is 0.490 e. The molecule has 0 radical (unpaired) electrons. The molecule has 0 bridgehead atoms. The van der Waals surface area contributed by atoms with Gasteiger partial charge in [-0.05, 0) is 54.7 Å². The van der Waals surface area contributed by atoms with Crippen LogP contribution in [0.5, 0.6) is 5.75 Å². The molecule has 1 saturated carbocycles. The Bertz CT molecular complexity index is 1150. The Morgan fingerprint density at radius 2 is 1.91 bits per heavy atom. The number of ether oxygens (including phenoxy) is 1. The van der Waals surface area contributed by atoms with E-state index in [0.29, 0.717) is 11.4 Å². The molecule has 9 heteroatoms. The first-order chi connectivity index (χ1) is 15.2. The van der Waals surface area contributed by atoms with Gasteiger partial charge in [0.25, 0.3) is 5.91 Å². The van der Waals surface area contributed by atoms with Gasteiger partial charge < -0.3 is 26.1 Å². The molecule has 0 spiro atoms. The van der Waals surface area contributed by atoms with E-state index in [1.807, 2.05) is 18.2 Å². The zero-order chi connectivity index (χ0) is 22.9. The first-order valence-corrected chi connectivity index (χ1v) is 10.1. The van der Waals surface area contributed by atoms with Crippen molar-refractivity contribution in [1.29, 1.82) is 0 Å². The number of aromatic nitrogens is 1. The maximum absolute atomic E-state index is 12.7. The number of H-pyrrole nitrogens is 1. The highest BCUT2D eigenvalue weighted by Crippen LogP contribution is 2.40. The van der Waals surface area contributed by atoms with E-state index in [1.165, 1.54) is 6.20 Å². The maximum Gasteiger partial charge on any atom is 0.416 e. The number of hydrogen-bond donors (Lipinski definition) is 4. The lowest BCUT2D eigenvalue weighted by Gasteiger charge is -2.35. The molecule has 168 valence electrons. The molecule has 1 aromatic heterocycles. The van der Waals surface area contributed by atoms with Gasteiger partial charge in [-0.1, -0.05) is 12.1 Å². The van der Waals surface area contributed by atoms with Crippen LogP contribution in [0.25, 0.3) is 10.9 Å². The summed E-state index contributed by atoms with van der Waals surface area (Å²) in [5, 5.41) is 6.25. The van der Waals surface area contributed by atoms with E-state index < -0.39 is 17.6 Å². The lowest BCUT2D eigenvalue weighted by Crippen LogP contribution is -2.32. The number of amides is 1. The first-order valence-electron chi connectivity index (χ1n) is 10.1. The molecule has 0 unspecified atom stereocenters. The minimum atomic E-state index is -4.33. The number of alkyl halides is 3. The van der Waals surface area contributed by atoms with Crippen LogP contribution >= 0.6 is 0 Å². The predicted molar refractivity (Wildman–Crippen MR) is 116 cm³/mol. The van der Waals surface area contributed by atoms with Gasteiger partial charge in [-0.3, -0.25) is 4.79 Å². The summed E-state index contributed by atoms with van der Waals surface area (Å²) in [5.41, 5.74) is 7.41. The number of hydrogen-bond acceptors (Lipinski definition) is 4. The summed E-state index contributed by atoms with van der Waals surface area (Å²) in [6.07, 6.45) is 0.196. The van der Waals surface area contributed by atoms with Gasteiger partial charge >= 0.3 is 6.18 Å². The zero-order valence-electron chi connectivity index (χ0n) is 17.3. The molecule has 5 N–H and O–H groups in total. The number of aromatic amines is 1. The Kier molecular flexibility index (Phi) is 5.73. The molecule has 1 amide bonds. The number of anilines is 1. The van der Waals surface area contributed by atoms with E-state index in [4.69, 9.17) is 10.5 Å². The quantitative estimate of drug-likeness (QED) is 0.422. The van der Waals surface area contributed by atoms with Crippen molar-refractivity contribution >= 4 is 22.5 Å². The summed E-state index contributed by atoms with van der Waals surface area (Å²) >= 11 is 0. The highest BCUT2D eigenvalue weighted by molar-refractivity contribution is 6.08. The standard InChI is InChI=1S/C23H23F3N4O2/c1-28-11-19(27)22(31)30-21-12-29-20-7-6-16(10-18(20)21)32-17-8-14(9-17)13-2-4-15(5-3-13)23(24,25)26/h2-7,10-12,14,17,28-29H,8-9,27H2,1H3,(H,30,31)/b19-11-. The molecule has 1 fully saturated rings. The summed E-state index contributed by atoms with van der Waals surface area (Å²) < 4.78 is 44.2. The van der Waals surface area contributed by atoms with E-state index in [1.54, 1.807) is 25.4 Å². The summed E-state index contributed by atoms with van der Waals surface area (Å²) in [5.74, 6) is 0.405. The molecule has 32 heavy (non-hydrogen) atoms. The molecule has 0 saturated heterocycles. The minimum Gasteiger partial charge on any atom is -0.490 e. The number of carbonyl (C=O) groups excluding carboxylic acids is 1. The maximum atomic E-state index is 12.7. The fraction of sp³-hybridized carbons (Fsp3) is 0.261. The molecule has 2 aromatic carbocycles. The van der Waals surface area contributed by atoms with Crippen LogP contribution in [0, 0.1) is 0 Å². The molecular weight excluding hydrogens is 421 g/mol. The van der Waals surface area contributed by atoms with Gasteiger partial charge in [-0.25, -0.2) is 0 Å². The van der Waals surface area contributed by atoms with Crippen LogP contribution in [0.15, 0.2) is 60.6 Å². The average molecular weight is 444 g/mol. The Morgan fingerprint density at radius 1 is 1.19 bits per heavy atom. The van der Waals surface area contributed by atoms with Crippen LogP contribution in [-0.4, -0.2) is 24.0 Å². The predicted octanol–water partition coefficient (Wildman–Crippen LogP) is 4.47. The van der Waals surface area contributed by atoms with E-state index >= 15 is 0 Å². The summed E-state index contributed by atoms with van der Waals surface area (Å²) in [4.78, 5) is 15.2. The van der Waals surface area contributed by atoms with Crippen molar-refractivity contribution in [3.8, 4) is 5.75 Å². The highest BCUT2D eigenvalue weighted by Gasteiger charge is 2.34. The van der Waals surface area contributed by atoms with Crippen LogP contribution in [0.3, 0.4) is 0 Å². The number of fused-ring (bicyclic) bond motifs is 1. The van der Waals surface area contributed by atoms with Gasteiger partial charge in [-0.2, -0.15) is 13.2 Å². The van der Waals surface area contributed by atoms with E-state index in [9.17, 15) is 18.0 Å². The third-order valence-electron chi connectivity index (χ3n) is 5.57. The Balaban J connectivity index is 1.39. The average Bonchev–Trinajstić information content (AvgIpc) is 3.12. The molecular formula is C23H23F3N4O2. The summed E-state index contributed by atoms with van der Waals surface area (Å²) in [6.45, 7) is 0. The van der Waals surface area contributed by atoms with Crippen molar-refractivity contribution in [3.05, 3.63) is 71.7 Å². The summed E-state index contributed by atoms with van der Waals surface area (Å²) in [6, 6.07) is 10.9. The normalized spacial score (nSPS) is 18.8. The van der Waals surface area contributed by atoms with Crippen LogP contribution in [0.4, 0.5) is 18.9 Å². The van der Waals surface area contributed by atoms with Gasteiger partial charge in [0.15, 0.2) is 0 Å². The number of halogens is 3. The number of benzene rings is 2. The summed E-state index contributed by atoms with van der Waals surface area (Å²) in [7, 11) is 1.65. The van der Waals surface area contributed by atoms with Gasteiger partial charge in [0.1, 0.15) is 11.4 Å². The number of carbonyl (C=O) groups is 1. The van der Waals surface area contributed by atoms with Crippen LogP contribution in [0.2, 0.25) is 0 Å². The highest BCUT2D eigenvalue weighted by atomic mass is 19.4. The zero-order valence-corrected chi connectivity index (χ0v) is 17.3. The van der Waals surface area contributed by atoms with E-state index in [-0.39, 0.29) is 17.7 Å². The van der Waals surface area contributed by atoms with Gasteiger partial charge in [0, 0.05) is 30.3 Å². The van der Waals surface area contributed by atoms with Gasteiger partial charge in [0.05, 0.1) is 17.4 Å². The number of nitrogens with two attached hydrogens (primary N) is 1. The Hall–Kier alpha value is -3.62. The van der Waals surface area contributed by atoms with E-state index in [0.717, 1.165) is 41.4 Å². The van der Waals surface area contributed by atoms with Crippen LogP contribution < -0.4 is 21.1 Å². The fourth-order valence-corrected chi connectivity index (χ4v) is 3.76. The molecule has 0 aliphatic heterocycles. The molecule has 1 heterocycles. The fourth-order valence-electron chi connectivity index (χ4n) is 3.76. The van der Waals surface area contributed by atoms with Crippen LogP contribution in [0.1, 0.15) is 29.9 Å². The van der Waals surface area contributed by atoms with E-state index in [2.05, 4.69) is 15.6 Å². The van der Waals surface area contributed by atoms with Crippen molar-refractivity contribution in [3.63, 3.8) is 0 Å². The third-order valence-corrected chi connectivity index (χ3v) is 5.57. The smallest absolute Gasteiger partial charge is 0.416 e. The third kappa shape index (κ3) is 4.51. The molecule has 4 rings (SSSR count). The second-order valence-corrected chi connectivity index (χ2v) is 7.78. The molecule has 6 nitrogen and oxygen atoms in total. The molecule has 1 aliphatic carbocycles. The Labute approximate surface area is 182 Å². The monoisotopic (exact) mass is 444 g/mol. The lowest BCUT2D eigenvalue weighted by atomic mass is 9.77. The van der Waals surface area contributed by atoms with Gasteiger partial charge in [-0.15, -0.1) is 0 Å². The van der Waals surface area contributed by atoms with Crippen molar-refractivity contribution < 1.29 is 22.7 Å². The second kappa shape index (κ2) is 8.49. The minimum absolute atomic E-state index is 0.0223. The Morgan fingerprint density at radius 3 is 2.56 bits per heavy atom. The number of nitrogens with one attached hydrogen (secondary N) is 3. The van der Waals surface area contributed by atoms with Gasteiger partial charge in [0.2, 0.25) is 0 Å². The number of rotatable bonds is 6. The molecule has 0 atom stereocenters. The SMILES string of the molecule is CN/C=C(\N)C(=O)Nc1c[nH]c2ccc(OC3CC(c4ccc(C(F)(F)F)cc4)C3)cc12. The van der Waals surface area contributed by atoms with Crippen LogP contribution in [-0.2, 0) is 11.0 Å². The molecule has 1 aliphatic rings. The topological polar surface area (TPSA) is 92.2 Å². The van der Waals surface area contributed by atoms with Crippen molar-refractivity contribution in [2.45, 2.75) is 31.0 Å². The van der Waals surface area contributed by atoms with Crippen molar-refractivity contribution in [2.24, 2.45) is 5.73 Å². The lowest BCUT2D eigenvalue weighted by molar-refractivity contribution is -0.137.